The van der Waals surface area contributed by atoms with Crippen molar-refractivity contribution in [3.63, 3.8) is 0 Å². The van der Waals surface area contributed by atoms with Gasteiger partial charge in [0.05, 0.1) is 6.61 Å². The first kappa shape index (κ1) is 9.68. The average molecular weight is 160 g/mol. The molecule has 0 atom stereocenters. The standard InChI is InChI=1S/C5H8F4O/c1-10-2-3(4(6)7)5(8)9/h3-5H,2H2,1H3. The van der Waals surface area contributed by atoms with Gasteiger partial charge in [-0.3, -0.25) is 0 Å². The lowest BCUT2D eigenvalue weighted by Gasteiger charge is -2.12. The second kappa shape index (κ2) is 4.49. The van der Waals surface area contributed by atoms with E-state index in [0.717, 1.165) is 7.11 Å². The Morgan fingerprint density at radius 2 is 1.50 bits per heavy atom. The molecule has 0 aliphatic carbocycles. The summed E-state index contributed by atoms with van der Waals surface area (Å²) >= 11 is 0. The van der Waals surface area contributed by atoms with Crippen LogP contribution in [0, 0.1) is 5.92 Å². The zero-order chi connectivity index (χ0) is 8.15. The molecule has 0 aromatic carbocycles. The normalized spacial score (nSPS) is 12.0. The van der Waals surface area contributed by atoms with Crippen LogP contribution in [0.25, 0.3) is 0 Å². The van der Waals surface area contributed by atoms with Crippen molar-refractivity contribution in [3.05, 3.63) is 0 Å². The molecule has 5 heteroatoms. The lowest BCUT2D eigenvalue weighted by molar-refractivity contribution is -0.0595. The Hall–Kier alpha value is -0.320. The van der Waals surface area contributed by atoms with Gasteiger partial charge in [-0.25, -0.2) is 17.6 Å². The van der Waals surface area contributed by atoms with Gasteiger partial charge in [-0.2, -0.15) is 0 Å². The highest BCUT2D eigenvalue weighted by Crippen LogP contribution is 2.18. The van der Waals surface area contributed by atoms with Gasteiger partial charge in [0, 0.05) is 7.11 Å². The van der Waals surface area contributed by atoms with E-state index in [-0.39, 0.29) is 0 Å². The van der Waals surface area contributed by atoms with Crippen LogP contribution in [-0.4, -0.2) is 26.6 Å². The van der Waals surface area contributed by atoms with Gasteiger partial charge in [-0.05, 0) is 0 Å². The highest BCUT2D eigenvalue weighted by atomic mass is 19.3. The van der Waals surface area contributed by atoms with Gasteiger partial charge in [0.25, 0.3) is 0 Å². The summed E-state index contributed by atoms with van der Waals surface area (Å²) in [7, 11) is 1.11. The Labute approximate surface area is 56.0 Å². The van der Waals surface area contributed by atoms with Gasteiger partial charge in [0.15, 0.2) is 0 Å². The first-order valence-corrected chi connectivity index (χ1v) is 2.64. The first-order chi connectivity index (χ1) is 4.59. The number of alkyl halides is 4. The molecule has 0 aromatic rings. The van der Waals surface area contributed by atoms with E-state index < -0.39 is 25.4 Å². The van der Waals surface area contributed by atoms with Crippen LogP contribution in [0.15, 0.2) is 0 Å². The van der Waals surface area contributed by atoms with E-state index in [4.69, 9.17) is 0 Å². The fourth-order valence-electron chi connectivity index (χ4n) is 0.448. The number of methoxy groups -OCH3 is 1. The average Bonchev–Trinajstić information content (AvgIpc) is 1.81. The minimum Gasteiger partial charge on any atom is -0.384 e. The molecule has 0 saturated heterocycles. The molecule has 0 saturated carbocycles. The van der Waals surface area contributed by atoms with Crippen LogP contribution in [0.1, 0.15) is 0 Å². The van der Waals surface area contributed by atoms with Crippen LogP contribution in [0.4, 0.5) is 17.6 Å². The fraction of sp³-hybridized carbons (Fsp3) is 1.00. The molecule has 0 aliphatic heterocycles. The predicted molar refractivity (Wildman–Crippen MR) is 27.4 cm³/mol. The van der Waals surface area contributed by atoms with Crippen molar-refractivity contribution < 1.29 is 22.3 Å². The van der Waals surface area contributed by atoms with E-state index >= 15 is 0 Å². The maximum Gasteiger partial charge on any atom is 0.249 e. The van der Waals surface area contributed by atoms with Crippen LogP contribution >= 0.6 is 0 Å². The smallest absolute Gasteiger partial charge is 0.249 e. The molecule has 0 amide bonds. The van der Waals surface area contributed by atoms with Crippen LogP contribution < -0.4 is 0 Å². The van der Waals surface area contributed by atoms with Crippen molar-refractivity contribution in [1.82, 2.24) is 0 Å². The van der Waals surface area contributed by atoms with E-state index in [2.05, 4.69) is 4.74 Å². The Morgan fingerprint density at radius 1 is 1.10 bits per heavy atom. The Balaban J connectivity index is 3.73. The third kappa shape index (κ3) is 3.00. The summed E-state index contributed by atoms with van der Waals surface area (Å²) in [6.07, 6.45) is -6.03. The summed E-state index contributed by atoms with van der Waals surface area (Å²) in [5, 5.41) is 0. The van der Waals surface area contributed by atoms with Gasteiger partial charge in [-0.15, -0.1) is 0 Å². The Morgan fingerprint density at radius 3 is 1.60 bits per heavy atom. The lowest BCUT2D eigenvalue weighted by Crippen LogP contribution is -2.24. The van der Waals surface area contributed by atoms with E-state index in [0.29, 0.717) is 0 Å². The number of hydrogen-bond acceptors (Lipinski definition) is 1. The molecule has 1 nitrogen and oxygen atoms in total. The van der Waals surface area contributed by atoms with Crippen LogP contribution in [0.5, 0.6) is 0 Å². The Bertz CT molecular complexity index is 77.7. The van der Waals surface area contributed by atoms with Gasteiger partial charge in [0.2, 0.25) is 12.9 Å². The zero-order valence-electron chi connectivity index (χ0n) is 5.36. The SMILES string of the molecule is COCC(C(F)F)C(F)F. The molecule has 0 fully saturated rings. The van der Waals surface area contributed by atoms with Crippen molar-refractivity contribution in [2.75, 3.05) is 13.7 Å². The van der Waals surface area contributed by atoms with Crippen molar-refractivity contribution in [1.29, 1.82) is 0 Å². The number of ether oxygens (including phenoxy) is 1. The molecule has 0 N–H and O–H groups in total. The summed E-state index contributed by atoms with van der Waals surface area (Å²) in [5.41, 5.74) is 0. The van der Waals surface area contributed by atoms with Gasteiger partial charge in [0.1, 0.15) is 5.92 Å². The van der Waals surface area contributed by atoms with Crippen molar-refractivity contribution in [3.8, 4) is 0 Å². The lowest BCUT2D eigenvalue weighted by atomic mass is 10.2. The Kier molecular flexibility index (Phi) is 4.34. The molecular formula is C5H8F4O. The van der Waals surface area contributed by atoms with Crippen LogP contribution in [0.2, 0.25) is 0 Å². The largest absolute Gasteiger partial charge is 0.384 e. The summed E-state index contributed by atoms with van der Waals surface area (Å²) in [6.45, 7) is -0.602. The molecule has 0 radical (unpaired) electrons. The van der Waals surface area contributed by atoms with Gasteiger partial charge in [-0.1, -0.05) is 0 Å². The highest BCUT2D eigenvalue weighted by molar-refractivity contribution is 4.62. The fourth-order valence-corrected chi connectivity index (χ4v) is 0.448. The number of halogens is 4. The van der Waals surface area contributed by atoms with Crippen molar-refractivity contribution in [2.24, 2.45) is 5.92 Å². The molecule has 0 aliphatic rings. The van der Waals surface area contributed by atoms with E-state index in [9.17, 15) is 17.6 Å². The summed E-state index contributed by atoms with van der Waals surface area (Å²) in [6, 6.07) is 0. The maximum atomic E-state index is 11.6. The molecule has 0 aromatic heterocycles. The monoisotopic (exact) mass is 160 g/mol. The summed E-state index contributed by atoms with van der Waals surface area (Å²) < 4.78 is 50.5. The molecule has 0 bridgehead atoms. The molecule has 0 rings (SSSR count). The van der Waals surface area contributed by atoms with Crippen LogP contribution in [0.3, 0.4) is 0 Å². The van der Waals surface area contributed by atoms with Gasteiger partial charge < -0.3 is 4.74 Å². The first-order valence-electron chi connectivity index (χ1n) is 2.64. The second-order valence-corrected chi connectivity index (χ2v) is 1.79. The number of hydrogen-bond donors (Lipinski definition) is 0. The third-order valence-corrected chi connectivity index (χ3v) is 1.01. The topological polar surface area (TPSA) is 9.23 Å². The highest BCUT2D eigenvalue weighted by Gasteiger charge is 2.29. The zero-order valence-corrected chi connectivity index (χ0v) is 5.36. The van der Waals surface area contributed by atoms with Crippen molar-refractivity contribution in [2.45, 2.75) is 12.9 Å². The molecule has 62 valence electrons. The minimum absolute atomic E-state index is 0.602. The van der Waals surface area contributed by atoms with Crippen molar-refractivity contribution >= 4 is 0 Å². The van der Waals surface area contributed by atoms with Gasteiger partial charge >= 0.3 is 0 Å². The molecule has 0 spiro atoms. The maximum absolute atomic E-state index is 11.6. The van der Waals surface area contributed by atoms with Crippen LogP contribution in [-0.2, 0) is 4.74 Å². The predicted octanol–water partition coefficient (Wildman–Crippen LogP) is 1.78. The minimum atomic E-state index is -3.01. The number of rotatable bonds is 4. The van der Waals surface area contributed by atoms with E-state index in [1.165, 1.54) is 0 Å². The van der Waals surface area contributed by atoms with E-state index in [1.54, 1.807) is 0 Å². The molecule has 0 unspecified atom stereocenters. The molecule has 10 heavy (non-hydrogen) atoms. The van der Waals surface area contributed by atoms with E-state index in [1.807, 2.05) is 0 Å². The molecular weight excluding hydrogens is 152 g/mol. The summed E-state index contributed by atoms with van der Waals surface area (Å²) in [5.74, 6) is -1.95. The molecule has 0 heterocycles. The quantitative estimate of drug-likeness (QED) is 0.569. The summed E-state index contributed by atoms with van der Waals surface area (Å²) in [4.78, 5) is 0. The third-order valence-electron chi connectivity index (χ3n) is 1.01. The second-order valence-electron chi connectivity index (χ2n) is 1.79.